The van der Waals surface area contributed by atoms with Crippen LogP contribution >= 0.6 is 0 Å². The average Bonchev–Trinajstić information content (AvgIpc) is 3.09. The Morgan fingerprint density at radius 3 is 2.85 bits per heavy atom. The lowest BCUT2D eigenvalue weighted by molar-refractivity contribution is 0.603. The predicted octanol–water partition coefficient (Wildman–Crippen LogP) is 2.99. The van der Waals surface area contributed by atoms with Gasteiger partial charge in [0.05, 0.1) is 11.8 Å². The van der Waals surface area contributed by atoms with Gasteiger partial charge in [0.15, 0.2) is 5.82 Å². The van der Waals surface area contributed by atoms with Gasteiger partial charge in [-0.3, -0.25) is 4.68 Å². The van der Waals surface area contributed by atoms with Gasteiger partial charge >= 0.3 is 0 Å². The molecule has 5 nitrogen and oxygen atoms in total. The molecular weight excluding hydrogens is 250 g/mol. The number of aromatic nitrogens is 4. The number of hydrogen-bond acceptors (Lipinski definition) is 4. The lowest BCUT2D eigenvalue weighted by atomic mass is 10.0. The van der Waals surface area contributed by atoms with Gasteiger partial charge in [-0.1, -0.05) is 19.8 Å². The van der Waals surface area contributed by atoms with Gasteiger partial charge in [-0.2, -0.15) is 5.10 Å². The Labute approximate surface area is 119 Å². The molecule has 0 aromatic carbocycles. The van der Waals surface area contributed by atoms with Crippen LogP contribution in [0.25, 0.3) is 11.4 Å². The van der Waals surface area contributed by atoms with Crippen LogP contribution in [0.4, 0.5) is 5.82 Å². The van der Waals surface area contributed by atoms with E-state index in [4.69, 9.17) is 10.7 Å². The maximum atomic E-state index is 5.95. The van der Waals surface area contributed by atoms with Crippen LogP contribution in [0.15, 0.2) is 18.5 Å². The molecule has 0 unspecified atom stereocenters. The number of rotatable bonds is 4. The van der Waals surface area contributed by atoms with E-state index < -0.39 is 0 Å². The van der Waals surface area contributed by atoms with Crippen LogP contribution in [-0.2, 0) is 6.54 Å². The van der Waals surface area contributed by atoms with Crippen molar-refractivity contribution >= 4 is 5.82 Å². The zero-order valence-corrected chi connectivity index (χ0v) is 11.9. The number of nitrogen functional groups attached to an aromatic ring is 1. The molecule has 2 heterocycles. The van der Waals surface area contributed by atoms with E-state index in [1.165, 1.54) is 25.7 Å². The molecule has 20 heavy (non-hydrogen) atoms. The third kappa shape index (κ3) is 2.66. The fourth-order valence-corrected chi connectivity index (χ4v) is 2.88. The van der Waals surface area contributed by atoms with Crippen molar-refractivity contribution < 1.29 is 0 Å². The molecule has 2 aromatic heterocycles. The van der Waals surface area contributed by atoms with Gasteiger partial charge in [0, 0.05) is 30.4 Å². The highest BCUT2D eigenvalue weighted by molar-refractivity contribution is 5.55. The molecule has 2 aromatic rings. The lowest BCUT2D eigenvalue weighted by Crippen LogP contribution is -2.03. The number of hydrogen-bond donors (Lipinski definition) is 1. The summed E-state index contributed by atoms with van der Waals surface area (Å²) in [6.07, 6.45) is 9.89. The Morgan fingerprint density at radius 1 is 1.30 bits per heavy atom. The number of anilines is 1. The molecule has 1 fully saturated rings. The van der Waals surface area contributed by atoms with E-state index >= 15 is 0 Å². The minimum Gasteiger partial charge on any atom is -0.384 e. The Hall–Kier alpha value is -1.91. The van der Waals surface area contributed by atoms with Crippen LogP contribution in [0.2, 0.25) is 0 Å². The van der Waals surface area contributed by atoms with Crippen molar-refractivity contribution in [2.45, 2.75) is 51.5 Å². The van der Waals surface area contributed by atoms with E-state index in [2.05, 4.69) is 17.0 Å². The van der Waals surface area contributed by atoms with E-state index in [-0.39, 0.29) is 0 Å². The normalized spacial score (nSPS) is 15.8. The quantitative estimate of drug-likeness (QED) is 0.928. The summed E-state index contributed by atoms with van der Waals surface area (Å²) in [5.41, 5.74) is 7.99. The fraction of sp³-hybridized carbons (Fsp3) is 0.533. The van der Waals surface area contributed by atoms with Crippen LogP contribution in [0.5, 0.6) is 0 Å². The summed E-state index contributed by atoms with van der Waals surface area (Å²) < 4.78 is 1.93. The monoisotopic (exact) mass is 271 g/mol. The lowest BCUT2D eigenvalue weighted by Gasteiger charge is -2.10. The van der Waals surface area contributed by atoms with Crippen LogP contribution in [0.3, 0.4) is 0 Å². The average molecular weight is 271 g/mol. The molecule has 106 valence electrons. The second-order valence-corrected chi connectivity index (χ2v) is 5.51. The SMILES string of the molecule is CCCn1cc(-c2nc(N)cc(C3CCCC3)n2)cn1. The molecule has 0 spiro atoms. The molecule has 0 bridgehead atoms. The van der Waals surface area contributed by atoms with Crippen molar-refractivity contribution in [3.05, 3.63) is 24.2 Å². The van der Waals surface area contributed by atoms with Crippen molar-refractivity contribution in [2.75, 3.05) is 5.73 Å². The predicted molar refractivity (Wildman–Crippen MR) is 79.2 cm³/mol. The van der Waals surface area contributed by atoms with E-state index in [9.17, 15) is 0 Å². The van der Waals surface area contributed by atoms with E-state index in [0.717, 1.165) is 24.2 Å². The number of nitrogens with two attached hydrogens (primary N) is 1. The summed E-state index contributed by atoms with van der Waals surface area (Å²) in [6.45, 7) is 3.05. The largest absolute Gasteiger partial charge is 0.384 e. The summed E-state index contributed by atoms with van der Waals surface area (Å²) in [5, 5.41) is 4.34. The number of aryl methyl sites for hydroxylation is 1. The first-order valence-corrected chi connectivity index (χ1v) is 7.43. The summed E-state index contributed by atoms with van der Waals surface area (Å²) >= 11 is 0. The van der Waals surface area contributed by atoms with Gasteiger partial charge < -0.3 is 5.73 Å². The smallest absolute Gasteiger partial charge is 0.164 e. The highest BCUT2D eigenvalue weighted by Crippen LogP contribution is 2.34. The van der Waals surface area contributed by atoms with Gasteiger partial charge in [0.2, 0.25) is 0 Å². The van der Waals surface area contributed by atoms with Crippen LogP contribution in [0, 0.1) is 0 Å². The standard InChI is InChI=1S/C15H21N5/c1-2-7-20-10-12(9-17-20)15-18-13(8-14(16)19-15)11-5-3-4-6-11/h8-11H,2-7H2,1H3,(H2,16,18,19). The third-order valence-corrected chi connectivity index (χ3v) is 3.88. The maximum Gasteiger partial charge on any atom is 0.164 e. The van der Waals surface area contributed by atoms with Gasteiger partial charge in [-0.25, -0.2) is 9.97 Å². The summed E-state index contributed by atoms with van der Waals surface area (Å²) in [7, 11) is 0. The highest BCUT2D eigenvalue weighted by Gasteiger charge is 2.20. The molecular formula is C15H21N5. The van der Waals surface area contributed by atoms with Crippen molar-refractivity contribution in [2.24, 2.45) is 0 Å². The molecule has 1 aliphatic carbocycles. The molecule has 0 amide bonds. The minimum atomic E-state index is 0.546. The molecule has 0 atom stereocenters. The second-order valence-electron chi connectivity index (χ2n) is 5.51. The molecule has 1 saturated carbocycles. The van der Waals surface area contributed by atoms with Crippen LogP contribution in [-0.4, -0.2) is 19.7 Å². The van der Waals surface area contributed by atoms with E-state index in [1.807, 2.05) is 23.1 Å². The van der Waals surface area contributed by atoms with Crippen LogP contribution < -0.4 is 5.73 Å². The summed E-state index contributed by atoms with van der Waals surface area (Å²) in [4.78, 5) is 9.08. The molecule has 0 aliphatic heterocycles. The van der Waals surface area contributed by atoms with Gasteiger partial charge in [0.25, 0.3) is 0 Å². The van der Waals surface area contributed by atoms with Crippen molar-refractivity contribution in [1.29, 1.82) is 0 Å². The molecule has 0 saturated heterocycles. The van der Waals surface area contributed by atoms with Gasteiger partial charge in [0.1, 0.15) is 5.82 Å². The molecule has 3 rings (SSSR count). The maximum absolute atomic E-state index is 5.95. The van der Waals surface area contributed by atoms with Crippen molar-refractivity contribution in [3.8, 4) is 11.4 Å². The Morgan fingerprint density at radius 2 is 2.10 bits per heavy atom. The first-order valence-electron chi connectivity index (χ1n) is 7.43. The van der Waals surface area contributed by atoms with Crippen molar-refractivity contribution in [1.82, 2.24) is 19.7 Å². The highest BCUT2D eigenvalue weighted by atomic mass is 15.3. The topological polar surface area (TPSA) is 69.6 Å². The first-order chi connectivity index (χ1) is 9.76. The zero-order valence-electron chi connectivity index (χ0n) is 11.9. The van der Waals surface area contributed by atoms with Gasteiger partial charge in [-0.15, -0.1) is 0 Å². The Bertz CT molecular complexity index is 584. The fourth-order valence-electron chi connectivity index (χ4n) is 2.88. The first kappa shape index (κ1) is 13.1. The molecule has 5 heteroatoms. The van der Waals surface area contributed by atoms with E-state index in [1.54, 1.807) is 0 Å². The molecule has 0 radical (unpaired) electrons. The van der Waals surface area contributed by atoms with Crippen molar-refractivity contribution in [3.63, 3.8) is 0 Å². The molecule has 1 aliphatic rings. The van der Waals surface area contributed by atoms with Crippen LogP contribution in [0.1, 0.15) is 50.6 Å². The minimum absolute atomic E-state index is 0.546. The Kier molecular flexibility index (Phi) is 3.67. The second kappa shape index (κ2) is 5.61. The molecule has 2 N–H and O–H groups in total. The Balaban J connectivity index is 1.91. The van der Waals surface area contributed by atoms with Gasteiger partial charge in [-0.05, 0) is 19.3 Å². The summed E-state index contributed by atoms with van der Waals surface area (Å²) in [5.74, 6) is 1.80. The summed E-state index contributed by atoms with van der Waals surface area (Å²) in [6, 6.07) is 1.93. The third-order valence-electron chi connectivity index (χ3n) is 3.88. The number of nitrogens with zero attached hydrogens (tertiary/aromatic N) is 4. The van der Waals surface area contributed by atoms with E-state index in [0.29, 0.717) is 17.6 Å². The zero-order chi connectivity index (χ0) is 13.9.